The van der Waals surface area contributed by atoms with E-state index in [4.69, 9.17) is 10.5 Å². The summed E-state index contributed by atoms with van der Waals surface area (Å²) in [6, 6.07) is 7.86. The summed E-state index contributed by atoms with van der Waals surface area (Å²) in [5, 5.41) is 0. The lowest BCUT2D eigenvalue weighted by atomic mass is 10.2. The van der Waals surface area contributed by atoms with Crippen LogP contribution in [0, 0.1) is 0 Å². The summed E-state index contributed by atoms with van der Waals surface area (Å²) < 4.78 is 4.89. The average Bonchev–Trinajstić information content (AvgIpc) is 2.39. The van der Waals surface area contributed by atoms with Crippen LogP contribution in [0.25, 0.3) is 0 Å². The molecule has 0 fully saturated rings. The maximum absolute atomic E-state index is 11.1. The molecule has 1 aromatic carbocycles. The van der Waals surface area contributed by atoms with Gasteiger partial charge in [0, 0.05) is 31.4 Å². The van der Waals surface area contributed by atoms with Crippen LogP contribution in [-0.2, 0) is 9.53 Å². The van der Waals surface area contributed by atoms with Crippen molar-refractivity contribution in [2.24, 2.45) is 0 Å². The van der Waals surface area contributed by atoms with E-state index >= 15 is 0 Å². The maximum Gasteiger partial charge on any atom is 0.305 e. The quantitative estimate of drug-likeness (QED) is 0.445. The standard InChI is InChI=1S/C15H24N2O2/c1-3-19-15(18)7-5-4-6-12-17(2)14-10-8-13(16)9-11-14/h8-11H,3-7,12,16H2,1-2H3. The van der Waals surface area contributed by atoms with E-state index in [1.807, 2.05) is 31.2 Å². The van der Waals surface area contributed by atoms with Crippen LogP contribution in [0.5, 0.6) is 0 Å². The number of nitrogens with two attached hydrogens (primary N) is 1. The number of carbonyl (C=O) groups is 1. The van der Waals surface area contributed by atoms with Gasteiger partial charge in [0.15, 0.2) is 0 Å². The highest BCUT2D eigenvalue weighted by Crippen LogP contribution is 2.15. The van der Waals surface area contributed by atoms with E-state index in [1.165, 1.54) is 5.69 Å². The molecule has 19 heavy (non-hydrogen) atoms. The molecule has 0 heterocycles. The fraction of sp³-hybridized carbons (Fsp3) is 0.533. The Hall–Kier alpha value is -1.71. The second-order valence-electron chi connectivity index (χ2n) is 4.63. The van der Waals surface area contributed by atoms with E-state index in [2.05, 4.69) is 11.9 Å². The van der Waals surface area contributed by atoms with Gasteiger partial charge in [-0.1, -0.05) is 6.42 Å². The Bertz CT molecular complexity index is 376. The average molecular weight is 264 g/mol. The predicted molar refractivity (Wildman–Crippen MR) is 79.2 cm³/mol. The Kier molecular flexibility index (Phi) is 6.79. The summed E-state index contributed by atoms with van der Waals surface area (Å²) in [5.41, 5.74) is 7.61. The number of ether oxygens (including phenoxy) is 1. The minimum absolute atomic E-state index is 0.0885. The third-order valence-corrected chi connectivity index (χ3v) is 3.01. The Morgan fingerprint density at radius 3 is 2.53 bits per heavy atom. The van der Waals surface area contributed by atoms with Crippen molar-refractivity contribution in [1.82, 2.24) is 0 Å². The summed E-state index contributed by atoms with van der Waals surface area (Å²) in [7, 11) is 2.07. The van der Waals surface area contributed by atoms with Crippen LogP contribution in [0.3, 0.4) is 0 Å². The van der Waals surface area contributed by atoms with Gasteiger partial charge in [0.1, 0.15) is 0 Å². The van der Waals surface area contributed by atoms with Crippen LogP contribution in [0.2, 0.25) is 0 Å². The smallest absolute Gasteiger partial charge is 0.305 e. The van der Waals surface area contributed by atoms with Gasteiger partial charge < -0.3 is 15.4 Å². The van der Waals surface area contributed by atoms with Crippen molar-refractivity contribution in [3.05, 3.63) is 24.3 Å². The third kappa shape index (κ3) is 6.13. The van der Waals surface area contributed by atoms with Crippen molar-refractivity contribution in [3.8, 4) is 0 Å². The van der Waals surface area contributed by atoms with Gasteiger partial charge in [0.05, 0.1) is 6.61 Å². The summed E-state index contributed by atoms with van der Waals surface area (Å²) in [6.07, 6.45) is 3.53. The minimum atomic E-state index is -0.0885. The lowest BCUT2D eigenvalue weighted by molar-refractivity contribution is -0.143. The van der Waals surface area contributed by atoms with Crippen LogP contribution in [-0.4, -0.2) is 26.2 Å². The zero-order valence-electron chi connectivity index (χ0n) is 11.9. The van der Waals surface area contributed by atoms with Gasteiger partial charge in [-0.15, -0.1) is 0 Å². The second kappa shape index (κ2) is 8.40. The van der Waals surface area contributed by atoms with Gasteiger partial charge in [0.2, 0.25) is 0 Å². The van der Waals surface area contributed by atoms with Crippen molar-refractivity contribution in [2.45, 2.75) is 32.6 Å². The molecule has 0 unspecified atom stereocenters. The zero-order valence-corrected chi connectivity index (χ0v) is 11.9. The first kappa shape index (κ1) is 15.3. The summed E-state index contributed by atoms with van der Waals surface area (Å²) >= 11 is 0. The number of unbranched alkanes of at least 4 members (excludes halogenated alkanes) is 2. The molecule has 0 aliphatic rings. The van der Waals surface area contributed by atoms with E-state index in [0.717, 1.165) is 31.5 Å². The molecular weight excluding hydrogens is 240 g/mol. The van der Waals surface area contributed by atoms with Gasteiger partial charge in [0.25, 0.3) is 0 Å². The molecule has 0 amide bonds. The largest absolute Gasteiger partial charge is 0.466 e. The number of hydrogen-bond acceptors (Lipinski definition) is 4. The highest BCUT2D eigenvalue weighted by molar-refractivity contribution is 5.69. The predicted octanol–water partition coefficient (Wildman–Crippen LogP) is 2.83. The highest BCUT2D eigenvalue weighted by Gasteiger charge is 2.03. The molecule has 0 spiro atoms. The molecule has 4 heteroatoms. The van der Waals surface area contributed by atoms with Gasteiger partial charge in [-0.3, -0.25) is 4.79 Å². The summed E-state index contributed by atoms with van der Waals surface area (Å²) in [5.74, 6) is -0.0885. The fourth-order valence-corrected chi connectivity index (χ4v) is 1.89. The summed E-state index contributed by atoms with van der Waals surface area (Å²) in [4.78, 5) is 13.3. The zero-order chi connectivity index (χ0) is 14.1. The van der Waals surface area contributed by atoms with Gasteiger partial charge in [-0.25, -0.2) is 0 Å². The minimum Gasteiger partial charge on any atom is -0.466 e. The normalized spacial score (nSPS) is 10.2. The van der Waals surface area contributed by atoms with Crippen molar-refractivity contribution >= 4 is 17.3 Å². The monoisotopic (exact) mass is 264 g/mol. The molecule has 1 aromatic rings. The molecule has 4 nitrogen and oxygen atoms in total. The van der Waals surface area contributed by atoms with Crippen LogP contribution < -0.4 is 10.6 Å². The van der Waals surface area contributed by atoms with Gasteiger partial charge in [-0.2, -0.15) is 0 Å². The molecule has 0 atom stereocenters. The van der Waals surface area contributed by atoms with E-state index in [1.54, 1.807) is 0 Å². The van der Waals surface area contributed by atoms with Crippen molar-refractivity contribution in [2.75, 3.05) is 30.8 Å². The highest BCUT2D eigenvalue weighted by atomic mass is 16.5. The molecule has 0 saturated heterocycles. The van der Waals surface area contributed by atoms with Crippen molar-refractivity contribution in [1.29, 1.82) is 0 Å². The van der Waals surface area contributed by atoms with E-state index < -0.39 is 0 Å². The molecule has 0 radical (unpaired) electrons. The number of esters is 1. The lowest BCUT2D eigenvalue weighted by Gasteiger charge is -2.19. The molecule has 0 saturated carbocycles. The van der Waals surface area contributed by atoms with E-state index in [-0.39, 0.29) is 5.97 Å². The van der Waals surface area contributed by atoms with E-state index in [9.17, 15) is 4.79 Å². The first-order valence-electron chi connectivity index (χ1n) is 6.85. The fourth-order valence-electron chi connectivity index (χ4n) is 1.89. The second-order valence-corrected chi connectivity index (χ2v) is 4.63. The number of benzene rings is 1. The Labute approximate surface area is 115 Å². The Morgan fingerprint density at radius 1 is 1.21 bits per heavy atom. The van der Waals surface area contributed by atoms with Crippen LogP contribution in [0.4, 0.5) is 11.4 Å². The number of rotatable bonds is 8. The molecule has 0 aliphatic carbocycles. The summed E-state index contributed by atoms with van der Waals surface area (Å²) in [6.45, 7) is 3.28. The number of carbonyl (C=O) groups excluding carboxylic acids is 1. The molecule has 2 N–H and O–H groups in total. The maximum atomic E-state index is 11.1. The lowest BCUT2D eigenvalue weighted by Crippen LogP contribution is -2.18. The Balaban J connectivity index is 2.15. The first-order chi connectivity index (χ1) is 9.13. The van der Waals surface area contributed by atoms with Crippen LogP contribution in [0.1, 0.15) is 32.6 Å². The first-order valence-corrected chi connectivity index (χ1v) is 6.85. The van der Waals surface area contributed by atoms with Crippen molar-refractivity contribution < 1.29 is 9.53 Å². The third-order valence-electron chi connectivity index (χ3n) is 3.01. The molecular formula is C15H24N2O2. The number of hydrogen-bond donors (Lipinski definition) is 1. The molecule has 0 bridgehead atoms. The SMILES string of the molecule is CCOC(=O)CCCCCN(C)c1ccc(N)cc1. The topological polar surface area (TPSA) is 55.6 Å². The molecule has 106 valence electrons. The molecule has 1 rings (SSSR count). The van der Waals surface area contributed by atoms with Crippen LogP contribution >= 0.6 is 0 Å². The van der Waals surface area contributed by atoms with E-state index in [0.29, 0.717) is 13.0 Å². The van der Waals surface area contributed by atoms with Gasteiger partial charge >= 0.3 is 5.97 Å². The molecule has 0 aliphatic heterocycles. The number of nitrogen functional groups attached to an aromatic ring is 1. The molecule has 0 aromatic heterocycles. The van der Waals surface area contributed by atoms with Gasteiger partial charge in [-0.05, 0) is 44.0 Å². The number of nitrogens with zero attached hydrogens (tertiary/aromatic N) is 1. The van der Waals surface area contributed by atoms with Crippen LogP contribution in [0.15, 0.2) is 24.3 Å². The number of anilines is 2. The van der Waals surface area contributed by atoms with Crippen molar-refractivity contribution in [3.63, 3.8) is 0 Å². The Morgan fingerprint density at radius 2 is 1.89 bits per heavy atom.